The van der Waals surface area contributed by atoms with Crippen LogP contribution in [0.4, 0.5) is 11.4 Å². The largest absolute Gasteiger partial charge is 0.344 e. The molecule has 0 aromatic heterocycles. The van der Waals surface area contributed by atoms with E-state index in [0.717, 1.165) is 9.81 Å². The first-order valence-corrected chi connectivity index (χ1v) is 6.64. The summed E-state index contributed by atoms with van der Waals surface area (Å²) in [4.78, 5) is 2.21. The maximum atomic E-state index is 4.45. The van der Waals surface area contributed by atoms with Crippen molar-refractivity contribution in [3.05, 3.63) is 63.9 Å². The van der Waals surface area contributed by atoms with Crippen LogP contribution in [0.1, 0.15) is 11.1 Å². The van der Waals surface area contributed by atoms with Gasteiger partial charge in [-0.3, -0.25) is 0 Å². The van der Waals surface area contributed by atoms with Crippen molar-refractivity contribution in [1.29, 1.82) is 0 Å². The van der Waals surface area contributed by atoms with Gasteiger partial charge in [0.2, 0.25) is 0 Å². The summed E-state index contributed by atoms with van der Waals surface area (Å²) < 4.78 is 0.753. The fourth-order valence-electron chi connectivity index (χ4n) is 2.47. The highest BCUT2D eigenvalue weighted by atomic mass is 32.2. The molecule has 90 valence electrons. The van der Waals surface area contributed by atoms with Crippen molar-refractivity contribution < 1.29 is 0 Å². The summed E-state index contributed by atoms with van der Waals surface area (Å²) in [5.74, 6) is 0. The highest BCUT2D eigenvalue weighted by Crippen LogP contribution is 2.46. The summed E-state index contributed by atoms with van der Waals surface area (Å²) in [5.41, 5.74) is 5.84. The van der Waals surface area contributed by atoms with Crippen LogP contribution in [0.25, 0.3) is 5.57 Å². The number of anilines is 2. The van der Waals surface area contributed by atoms with Crippen LogP contribution in [-0.2, 0) is 0 Å². The van der Waals surface area contributed by atoms with Crippen LogP contribution in [0, 0.1) is 0 Å². The average molecular weight is 271 g/mol. The van der Waals surface area contributed by atoms with Crippen molar-refractivity contribution in [2.24, 2.45) is 0 Å². The Labute approximate surface area is 118 Å². The molecule has 0 amide bonds. The van der Waals surface area contributed by atoms with Crippen molar-refractivity contribution in [1.82, 2.24) is 0 Å². The third-order valence-corrected chi connectivity index (χ3v) is 3.74. The molecule has 0 fully saturated rings. The lowest BCUT2D eigenvalue weighted by molar-refractivity contribution is 1.17. The standard InChI is InChI=1S/C15H13NS2/c1-16-12-8-4-2-6-10(12)14(15(17)18)11-7-3-5-9-13(11)16/h2-9,17-18H,1H3. The molecule has 0 bridgehead atoms. The summed E-state index contributed by atoms with van der Waals surface area (Å²) in [6.07, 6.45) is 0. The van der Waals surface area contributed by atoms with Crippen molar-refractivity contribution in [3.63, 3.8) is 0 Å². The third kappa shape index (κ3) is 1.66. The molecule has 18 heavy (non-hydrogen) atoms. The number of thiol groups is 2. The summed E-state index contributed by atoms with van der Waals surface area (Å²) in [6.45, 7) is 0. The van der Waals surface area contributed by atoms with Gasteiger partial charge >= 0.3 is 0 Å². The summed E-state index contributed by atoms with van der Waals surface area (Å²) in [6, 6.07) is 16.7. The molecule has 0 radical (unpaired) electrons. The molecule has 0 aliphatic carbocycles. The lowest BCUT2D eigenvalue weighted by atomic mass is 9.92. The van der Waals surface area contributed by atoms with E-state index in [4.69, 9.17) is 0 Å². The maximum absolute atomic E-state index is 4.45. The van der Waals surface area contributed by atoms with Gasteiger partial charge in [0.05, 0.1) is 0 Å². The number of rotatable bonds is 0. The Morgan fingerprint density at radius 3 is 1.72 bits per heavy atom. The normalized spacial score (nSPS) is 13.1. The van der Waals surface area contributed by atoms with Gasteiger partial charge in [-0.25, -0.2) is 0 Å². The van der Waals surface area contributed by atoms with Crippen molar-refractivity contribution in [3.8, 4) is 0 Å². The number of para-hydroxylation sites is 2. The lowest BCUT2D eigenvalue weighted by Gasteiger charge is -2.32. The van der Waals surface area contributed by atoms with Gasteiger partial charge in [-0.05, 0) is 12.1 Å². The Morgan fingerprint density at radius 2 is 1.28 bits per heavy atom. The molecule has 2 aromatic carbocycles. The van der Waals surface area contributed by atoms with Gasteiger partial charge in [-0.2, -0.15) is 0 Å². The second kappa shape index (κ2) is 4.41. The zero-order valence-corrected chi connectivity index (χ0v) is 11.7. The number of hydrogen-bond acceptors (Lipinski definition) is 3. The Bertz CT molecular complexity index is 593. The molecule has 1 heterocycles. The second-order valence-electron chi connectivity index (χ2n) is 4.29. The van der Waals surface area contributed by atoms with Crippen LogP contribution in [0.3, 0.4) is 0 Å². The van der Waals surface area contributed by atoms with E-state index in [1.165, 1.54) is 22.5 Å². The number of benzene rings is 2. The minimum absolute atomic E-state index is 0.753. The van der Waals surface area contributed by atoms with Gasteiger partial charge in [-0.15, -0.1) is 25.3 Å². The summed E-state index contributed by atoms with van der Waals surface area (Å²) in [5, 5.41) is 0. The third-order valence-electron chi connectivity index (χ3n) is 3.29. The van der Waals surface area contributed by atoms with Gasteiger partial charge in [0, 0.05) is 39.4 Å². The molecule has 0 saturated heterocycles. The van der Waals surface area contributed by atoms with E-state index in [1.807, 2.05) is 12.1 Å². The van der Waals surface area contributed by atoms with Crippen molar-refractivity contribution in [2.75, 3.05) is 11.9 Å². The highest BCUT2D eigenvalue weighted by Gasteiger charge is 2.24. The fraction of sp³-hybridized carbons (Fsp3) is 0.0667. The molecule has 1 aliphatic rings. The molecular formula is C15H13NS2. The van der Waals surface area contributed by atoms with Crippen molar-refractivity contribution >= 4 is 42.2 Å². The SMILES string of the molecule is CN1c2ccccc2C(=C(S)S)c2ccccc21. The van der Waals surface area contributed by atoms with Crippen LogP contribution < -0.4 is 4.90 Å². The highest BCUT2D eigenvalue weighted by molar-refractivity contribution is 8.05. The molecule has 1 nitrogen and oxygen atoms in total. The number of hydrogen-bond donors (Lipinski definition) is 2. The van der Waals surface area contributed by atoms with Gasteiger partial charge in [-0.1, -0.05) is 36.4 Å². The van der Waals surface area contributed by atoms with E-state index in [0.29, 0.717) is 0 Å². The minimum atomic E-state index is 0.753. The molecule has 3 rings (SSSR count). The Morgan fingerprint density at radius 1 is 0.833 bits per heavy atom. The first-order chi connectivity index (χ1) is 8.70. The van der Waals surface area contributed by atoms with E-state index in [1.54, 1.807) is 0 Å². The van der Waals surface area contributed by atoms with Gasteiger partial charge in [0.1, 0.15) is 0 Å². The molecule has 0 N–H and O–H groups in total. The topological polar surface area (TPSA) is 3.24 Å². The predicted octanol–water partition coefficient (Wildman–Crippen LogP) is 4.34. The molecule has 0 saturated carbocycles. The first-order valence-electron chi connectivity index (χ1n) is 5.75. The summed E-state index contributed by atoms with van der Waals surface area (Å²) in [7, 11) is 2.09. The Balaban J connectivity index is 2.38. The second-order valence-corrected chi connectivity index (χ2v) is 5.54. The minimum Gasteiger partial charge on any atom is -0.344 e. The lowest BCUT2D eigenvalue weighted by Crippen LogP contribution is -2.17. The fourth-order valence-corrected chi connectivity index (χ4v) is 2.95. The number of fused-ring (bicyclic) bond motifs is 2. The molecule has 2 aromatic rings. The Hall–Kier alpha value is -1.32. The first kappa shape index (κ1) is 11.8. The smallest absolute Gasteiger partial charge is 0.0488 e. The van der Waals surface area contributed by atoms with E-state index >= 15 is 0 Å². The Kier molecular flexibility index (Phi) is 2.88. The number of nitrogens with zero attached hydrogens (tertiary/aromatic N) is 1. The predicted molar refractivity (Wildman–Crippen MR) is 84.9 cm³/mol. The molecule has 0 atom stereocenters. The monoisotopic (exact) mass is 271 g/mol. The maximum Gasteiger partial charge on any atom is 0.0488 e. The zero-order chi connectivity index (χ0) is 12.7. The van der Waals surface area contributed by atoms with Gasteiger partial charge in [0.15, 0.2) is 0 Å². The molecular weight excluding hydrogens is 258 g/mol. The van der Waals surface area contributed by atoms with E-state index in [2.05, 4.69) is 73.6 Å². The van der Waals surface area contributed by atoms with Crippen LogP contribution >= 0.6 is 25.3 Å². The summed E-state index contributed by atoms with van der Waals surface area (Å²) >= 11 is 8.89. The van der Waals surface area contributed by atoms with Crippen LogP contribution in [0.2, 0.25) is 0 Å². The molecule has 1 aliphatic heterocycles. The van der Waals surface area contributed by atoms with Gasteiger partial charge < -0.3 is 4.90 Å². The van der Waals surface area contributed by atoms with E-state index < -0.39 is 0 Å². The molecule has 3 heteroatoms. The quantitative estimate of drug-likeness (QED) is 0.674. The van der Waals surface area contributed by atoms with Crippen LogP contribution in [-0.4, -0.2) is 7.05 Å². The van der Waals surface area contributed by atoms with E-state index in [9.17, 15) is 0 Å². The van der Waals surface area contributed by atoms with E-state index in [-0.39, 0.29) is 0 Å². The van der Waals surface area contributed by atoms with Crippen LogP contribution in [0.5, 0.6) is 0 Å². The average Bonchev–Trinajstić information content (AvgIpc) is 2.39. The van der Waals surface area contributed by atoms with Gasteiger partial charge in [0.25, 0.3) is 0 Å². The zero-order valence-electron chi connectivity index (χ0n) is 9.96. The van der Waals surface area contributed by atoms with Crippen LogP contribution in [0.15, 0.2) is 52.8 Å². The molecule has 0 spiro atoms. The van der Waals surface area contributed by atoms with Crippen molar-refractivity contribution in [2.45, 2.75) is 0 Å². The molecule has 0 unspecified atom stereocenters.